The maximum Gasteiger partial charge on any atom is 0.325 e. The predicted octanol–water partition coefficient (Wildman–Crippen LogP) is 3.18. The third-order valence-electron chi connectivity index (χ3n) is 4.08. The van der Waals surface area contributed by atoms with E-state index in [0.717, 1.165) is 11.1 Å². The Labute approximate surface area is 168 Å². The second-order valence-electron chi connectivity index (χ2n) is 6.15. The summed E-state index contributed by atoms with van der Waals surface area (Å²) in [6.45, 7) is -0.389. The first-order chi connectivity index (χ1) is 14.2. The molecule has 0 fully saturated rings. The van der Waals surface area contributed by atoms with Gasteiger partial charge in [0.15, 0.2) is 5.96 Å². The zero-order valence-corrected chi connectivity index (χ0v) is 15.5. The van der Waals surface area contributed by atoms with Gasteiger partial charge in [-0.3, -0.25) is 9.78 Å². The second-order valence-corrected chi connectivity index (χ2v) is 6.15. The van der Waals surface area contributed by atoms with E-state index in [0.29, 0.717) is 17.2 Å². The van der Waals surface area contributed by atoms with Crippen LogP contribution in [0, 0.1) is 11.3 Å². The minimum Gasteiger partial charge on any atom is -0.480 e. The van der Waals surface area contributed by atoms with Gasteiger partial charge in [0, 0.05) is 18.1 Å². The lowest BCUT2D eigenvalue weighted by Gasteiger charge is -2.22. The SMILES string of the molecule is N#Cc1ccc(NC(=NCC(=O)O)N[C@@H](c2ccccc2)c2cccnc2)cc1. The number of benzene rings is 2. The maximum absolute atomic E-state index is 11.1. The van der Waals surface area contributed by atoms with Crippen LogP contribution in [0.5, 0.6) is 0 Å². The van der Waals surface area contributed by atoms with E-state index in [1.165, 1.54) is 0 Å². The zero-order valence-electron chi connectivity index (χ0n) is 15.5. The molecule has 1 atom stereocenters. The van der Waals surface area contributed by atoms with Crippen molar-refractivity contribution >= 4 is 17.6 Å². The van der Waals surface area contributed by atoms with Crippen molar-refractivity contribution in [3.05, 3.63) is 95.8 Å². The van der Waals surface area contributed by atoms with Gasteiger partial charge in [-0.25, -0.2) is 4.99 Å². The number of carboxylic acid groups (broad SMARTS) is 1. The van der Waals surface area contributed by atoms with Crippen LogP contribution in [-0.4, -0.2) is 28.6 Å². The largest absolute Gasteiger partial charge is 0.480 e. The number of aliphatic carboxylic acids is 1. The van der Waals surface area contributed by atoms with Gasteiger partial charge in [-0.05, 0) is 41.5 Å². The van der Waals surface area contributed by atoms with Gasteiger partial charge in [-0.1, -0.05) is 36.4 Å². The minimum absolute atomic E-state index is 0.289. The zero-order chi connectivity index (χ0) is 20.5. The maximum atomic E-state index is 11.1. The fraction of sp³-hybridized carbons (Fsp3) is 0.0909. The summed E-state index contributed by atoms with van der Waals surface area (Å²) in [6.07, 6.45) is 3.45. The number of nitriles is 1. The number of hydrogen-bond acceptors (Lipinski definition) is 4. The number of nitrogens with one attached hydrogen (secondary N) is 2. The van der Waals surface area contributed by atoms with Crippen LogP contribution in [0.4, 0.5) is 5.69 Å². The first-order valence-corrected chi connectivity index (χ1v) is 8.90. The van der Waals surface area contributed by atoms with Gasteiger partial charge < -0.3 is 15.7 Å². The van der Waals surface area contributed by atoms with Gasteiger partial charge >= 0.3 is 5.97 Å². The molecule has 7 nitrogen and oxygen atoms in total. The molecule has 7 heteroatoms. The summed E-state index contributed by atoms with van der Waals surface area (Å²) >= 11 is 0. The Morgan fingerprint density at radius 2 is 1.79 bits per heavy atom. The molecule has 0 radical (unpaired) electrons. The average Bonchev–Trinajstić information content (AvgIpc) is 2.77. The number of carbonyl (C=O) groups is 1. The Morgan fingerprint density at radius 3 is 2.41 bits per heavy atom. The van der Waals surface area contributed by atoms with E-state index in [-0.39, 0.29) is 12.6 Å². The number of pyridine rings is 1. The molecular formula is C22H19N5O2. The van der Waals surface area contributed by atoms with E-state index in [1.807, 2.05) is 42.5 Å². The number of nitrogens with zero attached hydrogens (tertiary/aromatic N) is 3. The van der Waals surface area contributed by atoms with Gasteiger partial charge in [0.05, 0.1) is 17.7 Å². The van der Waals surface area contributed by atoms with Gasteiger partial charge in [0.1, 0.15) is 6.54 Å². The molecule has 1 heterocycles. The van der Waals surface area contributed by atoms with Crippen LogP contribution in [0.1, 0.15) is 22.7 Å². The fourth-order valence-electron chi connectivity index (χ4n) is 2.72. The number of aliphatic imine (C=N–C) groups is 1. The molecule has 0 saturated carbocycles. The Morgan fingerprint density at radius 1 is 1.07 bits per heavy atom. The van der Waals surface area contributed by atoms with E-state index in [4.69, 9.17) is 10.4 Å². The molecule has 1 aromatic heterocycles. The molecule has 0 spiro atoms. The summed E-state index contributed by atoms with van der Waals surface area (Å²) < 4.78 is 0. The number of anilines is 1. The van der Waals surface area contributed by atoms with Crippen molar-refractivity contribution in [2.24, 2.45) is 4.99 Å². The lowest BCUT2D eigenvalue weighted by atomic mass is 10.0. The monoisotopic (exact) mass is 385 g/mol. The minimum atomic E-state index is -1.04. The van der Waals surface area contributed by atoms with Crippen LogP contribution in [0.3, 0.4) is 0 Å². The Balaban J connectivity index is 1.91. The van der Waals surface area contributed by atoms with Crippen LogP contribution >= 0.6 is 0 Å². The molecule has 2 aromatic carbocycles. The van der Waals surface area contributed by atoms with E-state index in [9.17, 15) is 4.79 Å². The normalized spacial score (nSPS) is 11.9. The van der Waals surface area contributed by atoms with Crippen LogP contribution in [0.25, 0.3) is 0 Å². The highest BCUT2D eigenvalue weighted by atomic mass is 16.4. The standard InChI is InChI=1S/C22H19N5O2/c23-13-16-8-10-19(11-9-16)26-22(25-15-20(28)29)27-21(17-5-2-1-3-6-17)18-7-4-12-24-14-18/h1-12,14,21H,15H2,(H,28,29)(H2,25,26,27)/t21-/m0/s1. The highest BCUT2D eigenvalue weighted by Crippen LogP contribution is 2.21. The van der Waals surface area contributed by atoms with Crippen LogP contribution in [0.15, 0.2) is 84.1 Å². The molecule has 3 N–H and O–H groups in total. The van der Waals surface area contributed by atoms with Crippen molar-refractivity contribution in [2.45, 2.75) is 6.04 Å². The van der Waals surface area contributed by atoms with Gasteiger partial charge in [-0.15, -0.1) is 0 Å². The molecule has 0 aliphatic rings. The van der Waals surface area contributed by atoms with Gasteiger partial charge in [0.25, 0.3) is 0 Å². The molecule has 0 aliphatic heterocycles. The number of carboxylic acids is 1. The Bertz CT molecular complexity index is 973. The molecule has 0 unspecified atom stereocenters. The Hall–Kier alpha value is -4.18. The fourth-order valence-corrected chi connectivity index (χ4v) is 2.72. The van der Waals surface area contributed by atoms with Crippen molar-refractivity contribution < 1.29 is 9.90 Å². The highest BCUT2D eigenvalue weighted by molar-refractivity contribution is 5.95. The average molecular weight is 385 g/mol. The van der Waals surface area contributed by atoms with Crippen molar-refractivity contribution in [3.63, 3.8) is 0 Å². The molecular weight excluding hydrogens is 366 g/mol. The van der Waals surface area contributed by atoms with Crippen molar-refractivity contribution in [1.82, 2.24) is 10.3 Å². The number of rotatable bonds is 6. The molecule has 0 amide bonds. The van der Waals surface area contributed by atoms with Gasteiger partial charge in [-0.2, -0.15) is 5.26 Å². The lowest BCUT2D eigenvalue weighted by molar-refractivity contribution is -0.135. The van der Waals surface area contributed by atoms with Crippen LogP contribution in [0.2, 0.25) is 0 Å². The summed E-state index contributed by atoms with van der Waals surface area (Å²) in [6, 6.07) is 22.1. The van der Waals surface area contributed by atoms with Gasteiger partial charge in [0.2, 0.25) is 0 Å². The second kappa shape index (κ2) is 9.67. The van der Waals surface area contributed by atoms with Crippen LogP contribution < -0.4 is 10.6 Å². The number of hydrogen-bond donors (Lipinski definition) is 3. The summed E-state index contributed by atoms with van der Waals surface area (Å²) in [4.78, 5) is 19.4. The predicted molar refractivity (Wildman–Crippen MR) is 110 cm³/mol. The number of aromatic nitrogens is 1. The van der Waals surface area contributed by atoms with Crippen LogP contribution in [-0.2, 0) is 4.79 Å². The van der Waals surface area contributed by atoms with E-state index < -0.39 is 5.97 Å². The van der Waals surface area contributed by atoms with E-state index >= 15 is 0 Å². The third kappa shape index (κ3) is 5.65. The molecule has 0 bridgehead atoms. The quantitative estimate of drug-likeness (QED) is 0.444. The van der Waals surface area contributed by atoms with E-state index in [1.54, 1.807) is 36.7 Å². The third-order valence-corrected chi connectivity index (χ3v) is 4.08. The van der Waals surface area contributed by atoms with Crippen molar-refractivity contribution in [3.8, 4) is 6.07 Å². The molecule has 3 aromatic rings. The number of guanidine groups is 1. The van der Waals surface area contributed by atoms with Crippen molar-refractivity contribution in [1.29, 1.82) is 5.26 Å². The summed E-state index contributed by atoms with van der Waals surface area (Å²) in [5.41, 5.74) is 3.09. The van der Waals surface area contributed by atoms with Crippen molar-refractivity contribution in [2.75, 3.05) is 11.9 Å². The smallest absolute Gasteiger partial charge is 0.325 e. The first kappa shape index (κ1) is 19.6. The molecule has 0 saturated heterocycles. The Kier molecular flexibility index (Phi) is 6.53. The molecule has 0 aliphatic carbocycles. The molecule has 29 heavy (non-hydrogen) atoms. The topological polar surface area (TPSA) is 110 Å². The van der Waals surface area contributed by atoms with E-state index in [2.05, 4.69) is 26.7 Å². The molecule has 144 valence electrons. The lowest BCUT2D eigenvalue weighted by Crippen LogP contribution is -2.35. The molecule has 3 rings (SSSR count). The summed E-state index contributed by atoms with van der Waals surface area (Å²) in [7, 11) is 0. The highest BCUT2D eigenvalue weighted by Gasteiger charge is 2.16. The summed E-state index contributed by atoms with van der Waals surface area (Å²) in [5.74, 6) is -0.738. The first-order valence-electron chi connectivity index (χ1n) is 8.90. The summed E-state index contributed by atoms with van der Waals surface area (Å²) in [5, 5.41) is 24.4.